The van der Waals surface area contributed by atoms with E-state index >= 15 is 0 Å². The summed E-state index contributed by atoms with van der Waals surface area (Å²) in [6.07, 6.45) is 1.14. The van der Waals surface area contributed by atoms with E-state index in [4.69, 9.17) is 9.47 Å². The fraction of sp³-hybridized carbons (Fsp3) is 0.583. The van der Waals surface area contributed by atoms with Crippen LogP contribution in [0.3, 0.4) is 0 Å². The van der Waals surface area contributed by atoms with E-state index in [1.165, 1.54) is 0 Å². The Bertz CT molecular complexity index is 292. The van der Waals surface area contributed by atoms with Gasteiger partial charge in [0.05, 0.1) is 6.61 Å². The lowest BCUT2D eigenvalue weighted by molar-refractivity contribution is 0.286. The average Bonchev–Trinajstić information content (AvgIpc) is 2.30. The van der Waals surface area contributed by atoms with Crippen LogP contribution in [0.1, 0.15) is 20.3 Å². The summed E-state index contributed by atoms with van der Waals surface area (Å²) in [5, 5.41) is 3.26. The van der Waals surface area contributed by atoms with Crippen LogP contribution in [0, 0.1) is 0 Å². The molecule has 90 valence electrons. The molecule has 0 saturated heterocycles. The molecule has 0 bridgehead atoms. The zero-order valence-corrected chi connectivity index (χ0v) is 10.0. The number of hydrogen-bond acceptors (Lipinski definition) is 4. The second-order valence-corrected chi connectivity index (χ2v) is 3.35. The first-order chi connectivity index (χ1) is 7.86. The molecule has 0 aliphatic rings. The molecule has 1 rings (SSSR count). The minimum absolute atomic E-state index is 0.613. The number of nitrogens with one attached hydrogen (secondary N) is 1. The molecule has 0 spiro atoms. The van der Waals surface area contributed by atoms with E-state index in [1.807, 2.05) is 25.1 Å². The number of ether oxygens (including phenoxy) is 2. The molecular weight excluding hydrogens is 204 g/mol. The average molecular weight is 224 g/mol. The predicted octanol–water partition coefficient (Wildman–Crippen LogP) is 1.86. The van der Waals surface area contributed by atoms with Crippen LogP contribution in [-0.4, -0.2) is 31.3 Å². The lowest BCUT2D eigenvalue weighted by Crippen LogP contribution is -2.21. The summed E-state index contributed by atoms with van der Waals surface area (Å²) in [5.74, 6) is 1.23. The Hall–Kier alpha value is -1.29. The maximum absolute atomic E-state index is 5.49. The highest BCUT2D eigenvalue weighted by molar-refractivity contribution is 5.19. The van der Waals surface area contributed by atoms with Crippen molar-refractivity contribution < 1.29 is 9.47 Å². The Morgan fingerprint density at radius 2 is 1.88 bits per heavy atom. The normalized spacial score (nSPS) is 10.1. The third-order valence-electron chi connectivity index (χ3n) is 1.95. The van der Waals surface area contributed by atoms with Crippen LogP contribution in [0.25, 0.3) is 0 Å². The molecule has 0 saturated carbocycles. The monoisotopic (exact) mass is 224 g/mol. The van der Waals surface area contributed by atoms with Gasteiger partial charge in [0.25, 0.3) is 0 Å². The van der Waals surface area contributed by atoms with E-state index in [-0.39, 0.29) is 0 Å². The van der Waals surface area contributed by atoms with Gasteiger partial charge in [-0.05, 0) is 19.9 Å². The Morgan fingerprint density at radius 3 is 2.56 bits per heavy atom. The van der Waals surface area contributed by atoms with Crippen molar-refractivity contribution >= 4 is 0 Å². The van der Waals surface area contributed by atoms with Crippen LogP contribution in [0.2, 0.25) is 0 Å². The summed E-state index contributed by atoms with van der Waals surface area (Å²) in [4.78, 5) is 4.21. The zero-order valence-electron chi connectivity index (χ0n) is 10.0. The predicted molar refractivity (Wildman–Crippen MR) is 64.1 cm³/mol. The first kappa shape index (κ1) is 12.8. The molecule has 16 heavy (non-hydrogen) atoms. The van der Waals surface area contributed by atoms with Crippen LogP contribution < -0.4 is 14.8 Å². The molecular formula is C12H20N2O2. The molecule has 1 aromatic heterocycles. The third kappa shape index (κ3) is 4.98. The maximum atomic E-state index is 5.49. The Morgan fingerprint density at radius 1 is 1.12 bits per heavy atom. The summed E-state index contributed by atoms with van der Waals surface area (Å²) in [7, 11) is 0. The maximum Gasteiger partial charge on any atom is 0.216 e. The van der Waals surface area contributed by atoms with Gasteiger partial charge in [0.1, 0.15) is 6.61 Å². The van der Waals surface area contributed by atoms with Crippen molar-refractivity contribution in [3.63, 3.8) is 0 Å². The molecule has 0 aliphatic carbocycles. The van der Waals surface area contributed by atoms with Crippen LogP contribution in [0.15, 0.2) is 18.2 Å². The van der Waals surface area contributed by atoms with E-state index in [1.54, 1.807) is 0 Å². The molecule has 1 N–H and O–H groups in total. The fourth-order valence-electron chi connectivity index (χ4n) is 1.23. The molecule has 1 aromatic rings. The summed E-state index contributed by atoms with van der Waals surface area (Å²) in [6, 6.07) is 5.54. The van der Waals surface area contributed by atoms with Crippen LogP contribution in [0.4, 0.5) is 0 Å². The van der Waals surface area contributed by atoms with Gasteiger partial charge in [0, 0.05) is 18.7 Å². The van der Waals surface area contributed by atoms with Crippen LogP contribution in [-0.2, 0) is 0 Å². The van der Waals surface area contributed by atoms with Gasteiger partial charge in [-0.15, -0.1) is 0 Å². The van der Waals surface area contributed by atoms with Gasteiger partial charge in [-0.25, -0.2) is 0 Å². The smallest absolute Gasteiger partial charge is 0.216 e. The molecule has 0 unspecified atom stereocenters. The number of hydrogen-bond donors (Lipinski definition) is 1. The molecule has 0 amide bonds. The van der Waals surface area contributed by atoms with Crippen molar-refractivity contribution in [2.45, 2.75) is 20.3 Å². The van der Waals surface area contributed by atoms with Crippen molar-refractivity contribution in [2.75, 3.05) is 26.3 Å². The highest BCUT2D eigenvalue weighted by Gasteiger charge is 1.98. The number of nitrogens with zero attached hydrogens (tertiary/aromatic N) is 1. The first-order valence-corrected chi connectivity index (χ1v) is 5.80. The van der Waals surface area contributed by atoms with Crippen molar-refractivity contribution in [1.82, 2.24) is 10.3 Å². The quantitative estimate of drug-likeness (QED) is 0.684. The molecule has 4 nitrogen and oxygen atoms in total. The SMILES string of the molecule is CCCNCCOc1cccc(OCC)n1. The van der Waals surface area contributed by atoms with E-state index in [9.17, 15) is 0 Å². The number of aromatic nitrogens is 1. The zero-order chi connectivity index (χ0) is 11.6. The largest absolute Gasteiger partial charge is 0.478 e. The van der Waals surface area contributed by atoms with Crippen LogP contribution in [0.5, 0.6) is 11.8 Å². The summed E-state index contributed by atoms with van der Waals surface area (Å²) < 4.78 is 10.8. The molecule has 0 aromatic carbocycles. The van der Waals surface area contributed by atoms with Gasteiger partial charge in [-0.1, -0.05) is 13.0 Å². The molecule has 1 heterocycles. The van der Waals surface area contributed by atoms with Crippen molar-refractivity contribution in [3.05, 3.63) is 18.2 Å². The molecule has 0 fully saturated rings. The number of rotatable bonds is 8. The lowest BCUT2D eigenvalue weighted by atomic mass is 10.4. The Kier molecular flexibility index (Phi) is 6.33. The van der Waals surface area contributed by atoms with E-state index < -0.39 is 0 Å². The summed E-state index contributed by atoms with van der Waals surface area (Å²) >= 11 is 0. The second kappa shape index (κ2) is 7.93. The van der Waals surface area contributed by atoms with Gasteiger partial charge < -0.3 is 14.8 Å². The highest BCUT2D eigenvalue weighted by atomic mass is 16.5. The van der Waals surface area contributed by atoms with Gasteiger partial charge in [-0.2, -0.15) is 4.98 Å². The van der Waals surface area contributed by atoms with Gasteiger partial charge in [0.15, 0.2) is 0 Å². The van der Waals surface area contributed by atoms with Gasteiger partial charge in [0.2, 0.25) is 11.8 Å². The molecule has 0 radical (unpaired) electrons. The standard InChI is InChI=1S/C12H20N2O2/c1-3-8-13-9-10-16-12-7-5-6-11(14-12)15-4-2/h5-7,13H,3-4,8-10H2,1-2H3. The molecule has 0 atom stereocenters. The first-order valence-electron chi connectivity index (χ1n) is 5.80. The Labute approximate surface area is 97.0 Å². The van der Waals surface area contributed by atoms with Crippen molar-refractivity contribution in [3.8, 4) is 11.8 Å². The fourth-order valence-corrected chi connectivity index (χ4v) is 1.23. The van der Waals surface area contributed by atoms with Crippen molar-refractivity contribution in [2.24, 2.45) is 0 Å². The third-order valence-corrected chi connectivity index (χ3v) is 1.95. The number of pyridine rings is 1. The van der Waals surface area contributed by atoms with Gasteiger partial charge >= 0.3 is 0 Å². The minimum atomic E-state index is 0.613. The van der Waals surface area contributed by atoms with E-state index in [2.05, 4.69) is 17.2 Å². The highest BCUT2D eigenvalue weighted by Crippen LogP contribution is 2.12. The summed E-state index contributed by atoms with van der Waals surface area (Å²) in [5.41, 5.74) is 0. The Balaban J connectivity index is 2.27. The van der Waals surface area contributed by atoms with E-state index in [0.29, 0.717) is 25.0 Å². The minimum Gasteiger partial charge on any atom is -0.478 e. The van der Waals surface area contributed by atoms with Crippen LogP contribution >= 0.6 is 0 Å². The lowest BCUT2D eigenvalue weighted by Gasteiger charge is -2.07. The molecule has 4 heteroatoms. The molecule has 0 aliphatic heterocycles. The summed E-state index contributed by atoms with van der Waals surface area (Å²) in [6.45, 7) is 7.19. The van der Waals surface area contributed by atoms with E-state index in [0.717, 1.165) is 19.5 Å². The second-order valence-electron chi connectivity index (χ2n) is 3.35. The topological polar surface area (TPSA) is 43.4 Å². The van der Waals surface area contributed by atoms with Crippen molar-refractivity contribution in [1.29, 1.82) is 0 Å². The van der Waals surface area contributed by atoms with Gasteiger partial charge in [-0.3, -0.25) is 0 Å².